The van der Waals surface area contributed by atoms with Crippen LogP contribution in [-0.2, 0) is 24.3 Å². The van der Waals surface area contributed by atoms with E-state index in [1.54, 1.807) is 42.7 Å². The van der Waals surface area contributed by atoms with Gasteiger partial charge in [0.25, 0.3) is 10.0 Å². The summed E-state index contributed by atoms with van der Waals surface area (Å²) in [5.74, 6) is -0.478. The van der Waals surface area contributed by atoms with Gasteiger partial charge >= 0.3 is 5.97 Å². The highest BCUT2D eigenvalue weighted by Crippen LogP contribution is 2.50. The maximum Gasteiger partial charge on any atom is 0.330 e. The molecule has 0 aliphatic carbocycles. The monoisotopic (exact) mass is 425 g/mol. The van der Waals surface area contributed by atoms with Crippen molar-refractivity contribution in [1.82, 2.24) is 0 Å². The highest BCUT2D eigenvalue weighted by Gasteiger charge is 2.45. The molecule has 0 unspecified atom stereocenters. The Morgan fingerprint density at radius 3 is 2.57 bits per heavy atom. The molecule has 156 valence electrons. The second kappa shape index (κ2) is 7.65. The van der Waals surface area contributed by atoms with Gasteiger partial charge in [-0.25, -0.2) is 13.2 Å². The Morgan fingerprint density at radius 1 is 1.17 bits per heavy atom. The number of carbonyl (C=O) groups is 1. The van der Waals surface area contributed by atoms with Crippen LogP contribution in [0.2, 0.25) is 0 Å². The minimum Gasteiger partial charge on any atom is -0.501 e. The highest BCUT2D eigenvalue weighted by atomic mass is 32.2. The lowest BCUT2D eigenvalue weighted by Crippen LogP contribution is -2.46. The zero-order chi connectivity index (χ0) is 21.4. The number of sulfonamides is 1. The predicted molar refractivity (Wildman–Crippen MR) is 114 cm³/mol. The Kier molecular flexibility index (Phi) is 5.15. The van der Waals surface area contributed by atoms with Gasteiger partial charge in [0.2, 0.25) is 0 Å². The van der Waals surface area contributed by atoms with Gasteiger partial charge < -0.3 is 9.47 Å². The van der Waals surface area contributed by atoms with E-state index in [9.17, 15) is 13.2 Å². The minimum atomic E-state index is -3.81. The van der Waals surface area contributed by atoms with Crippen molar-refractivity contribution in [2.24, 2.45) is 5.41 Å². The number of anilines is 1. The van der Waals surface area contributed by atoms with E-state index in [1.807, 2.05) is 25.1 Å². The van der Waals surface area contributed by atoms with Crippen molar-refractivity contribution < 1.29 is 22.7 Å². The zero-order valence-electron chi connectivity index (χ0n) is 16.9. The topological polar surface area (TPSA) is 72.9 Å². The van der Waals surface area contributed by atoms with Gasteiger partial charge in [0.05, 0.1) is 30.6 Å². The molecule has 30 heavy (non-hydrogen) atoms. The first kappa shape index (κ1) is 20.2. The van der Waals surface area contributed by atoms with Crippen LogP contribution < -0.4 is 4.31 Å². The van der Waals surface area contributed by atoms with Crippen molar-refractivity contribution in [3.63, 3.8) is 0 Å². The number of carbonyl (C=O) groups excluding carboxylic acids is 1. The fourth-order valence-electron chi connectivity index (χ4n) is 3.99. The van der Waals surface area contributed by atoms with E-state index in [-0.39, 0.29) is 11.4 Å². The van der Waals surface area contributed by atoms with Gasteiger partial charge in [-0.05, 0) is 43.2 Å². The van der Waals surface area contributed by atoms with Gasteiger partial charge in [-0.3, -0.25) is 4.31 Å². The van der Waals surface area contributed by atoms with E-state index in [1.165, 1.54) is 17.5 Å². The average Bonchev–Trinajstić information content (AvgIpc) is 2.76. The Bertz CT molecular complexity index is 1130. The number of para-hydroxylation sites is 1. The molecule has 2 heterocycles. The second-order valence-electron chi connectivity index (χ2n) is 7.50. The van der Waals surface area contributed by atoms with Crippen molar-refractivity contribution in [3.8, 4) is 0 Å². The van der Waals surface area contributed by atoms with E-state index in [2.05, 4.69) is 0 Å². The average molecular weight is 426 g/mol. The molecule has 0 radical (unpaired) electrons. The molecule has 0 bridgehead atoms. The third-order valence-electron chi connectivity index (χ3n) is 5.65. The van der Waals surface area contributed by atoms with Crippen LogP contribution in [0.3, 0.4) is 0 Å². The molecule has 2 aromatic rings. The SMILES string of the molecule is COC(=O)/C=C1\c2ccccc2N(S(=O)(=O)c2ccc(C)cc2)C[C@]12C=COCC2. The third kappa shape index (κ3) is 3.39. The van der Waals surface area contributed by atoms with E-state index in [4.69, 9.17) is 9.47 Å². The summed E-state index contributed by atoms with van der Waals surface area (Å²) in [5, 5.41) is 0. The van der Waals surface area contributed by atoms with E-state index < -0.39 is 21.4 Å². The first-order valence-corrected chi connectivity index (χ1v) is 11.1. The van der Waals surface area contributed by atoms with Crippen LogP contribution in [0.5, 0.6) is 0 Å². The van der Waals surface area contributed by atoms with Gasteiger partial charge in [-0.1, -0.05) is 35.9 Å². The summed E-state index contributed by atoms with van der Waals surface area (Å²) in [6.45, 7) is 2.51. The molecule has 1 spiro atoms. The Hall–Kier alpha value is -3.06. The molecule has 0 fully saturated rings. The molecule has 2 aromatic carbocycles. The standard InChI is InChI=1S/C23H23NO5S/c1-17-7-9-18(10-8-17)30(26,27)24-16-23(11-13-29-14-12-23)20(15-22(25)28-2)19-5-3-4-6-21(19)24/h3-11,13,15H,12,14,16H2,1-2H3/b20-15+/t23-/m1/s1. The summed E-state index contributed by atoms with van der Waals surface area (Å²) >= 11 is 0. The number of nitrogens with zero attached hydrogens (tertiary/aromatic N) is 1. The maximum absolute atomic E-state index is 13.6. The molecule has 7 heteroatoms. The highest BCUT2D eigenvalue weighted by molar-refractivity contribution is 7.92. The number of rotatable bonds is 3. The largest absolute Gasteiger partial charge is 0.501 e. The molecular weight excluding hydrogens is 402 g/mol. The fraction of sp³-hybridized carbons (Fsp3) is 0.261. The quantitative estimate of drug-likeness (QED) is 0.554. The van der Waals surface area contributed by atoms with E-state index in [0.717, 1.165) is 11.1 Å². The number of ether oxygens (including phenoxy) is 2. The molecule has 0 N–H and O–H groups in total. The van der Waals surface area contributed by atoms with Crippen molar-refractivity contribution in [1.29, 1.82) is 0 Å². The van der Waals surface area contributed by atoms with Crippen LogP contribution in [0.4, 0.5) is 5.69 Å². The molecule has 0 amide bonds. The summed E-state index contributed by atoms with van der Waals surface area (Å²) in [4.78, 5) is 12.4. The molecule has 2 aliphatic rings. The number of methoxy groups -OCH3 is 1. The van der Waals surface area contributed by atoms with Crippen LogP contribution in [-0.4, -0.2) is 34.6 Å². The molecule has 4 rings (SSSR count). The van der Waals surface area contributed by atoms with Crippen LogP contribution in [0.15, 0.2) is 71.8 Å². The molecule has 1 atom stereocenters. The lowest BCUT2D eigenvalue weighted by atomic mass is 9.71. The van der Waals surface area contributed by atoms with Crippen LogP contribution in [0, 0.1) is 12.3 Å². The van der Waals surface area contributed by atoms with Crippen LogP contribution >= 0.6 is 0 Å². The summed E-state index contributed by atoms with van der Waals surface area (Å²) in [6, 6.07) is 14.1. The summed E-state index contributed by atoms with van der Waals surface area (Å²) in [7, 11) is -2.48. The smallest absolute Gasteiger partial charge is 0.330 e. The Labute approximate surface area is 176 Å². The lowest BCUT2D eigenvalue weighted by molar-refractivity contribution is -0.134. The van der Waals surface area contributed by atoms with Gasteiger partial charge in [-0.2, -0.15) is 0 Å². The van der Waals surface area contributed by atoms with Gasteiger partial charge in [0.1, 0.15) is 0 Å². The van der Waals surface area contributed by atoms with Crippen molar-refractivity contribution in [2.45, 2.75) is 18.2 Å². The second-order valence-corrected chi connectivity index (χ2v) is 9.37. The number of esters is 1. The van der Waals surface area contributed by atoms with Crippen molar-refractivity contribution in [3.05, 3.63) is 78.1 Å². The zero-order valence-corrected chi connectivity index (χ0v) is 17.7. The van der Waals surface area contributed by atoms with Crippen molar-refractivity contribution in [2.75, 3.05) is 24.6 Å². The maximum atomic E-state index is 13.6. The molecule has 0 saturated heterocycles. The summed E-state index contributed by atoms with van der Waals surface area (Å²) < 4.78 is 39.0. The first-order chi connectivity index (χ1) is 14.4. The summed E-state index contributed by atoms with van der Waals surface area (Å²) in [6.07, 6.45) is 5.43. The number of hydrogen-bond donors (Lipinski definition) is 0. The van der Waals surface area contributed by atoms with Gasteiger partial charge in [0, 0.05) is 23.6 Å². The van der Waals surface area contributed by atoms with E-state index >= 15 is 0 Å². The molecule has 2 aliphatic heterocycles. The van der Waals surface area contributed by atoms with Crippen LogP contribution in [0.25, 0.3) is 5.57 Å². The first-order valence-electron chi connectivity index (χ1n) is 9.66. The van der Waals surface area contributed by atoms with Crippen molar-refractivity contribution >= 4 is 27.3 Å². The predicted octanol–water partition coefficient (Wildman–Crippen LogP) is 3.68. The van der Waals surface area contributed by atoms with Crippen LogP contribution in [0.1, 0.15) is 17.5 Å². The summed E-state index contributed by atoms with van der Waals surface area (Å²) in [5.41, 5.74) is 2.26. The van der Waals surface area contributed by atoms with E-state index in [0.29, 0.717) is 24.3 Å². The molecular formula is C23H23NO5S. The molecule has 6 nitrogen and oxygen atoms in total. The Morgan fingerprint density at radius 2 is 1.90 bits per heavy atom. The lowest BCUT2D eigenvalue weighted by Gasteiger charge is -2.45. The number of aryl methyl sites for hydroxylation is 1. The molecule has 0 aromatic heterocycles. The van der Waals surface area contributed by atoms with Gasteiger partial charge in [0.15, 0.2) is 0 Å². The number of benzene rings is 2. The Balaban J connectivity index is 1.93. The number of fused-ring (bicyclic) bond motifs is 1. The fourth-order valence-corrected chi connectivity index (χ4v) is 5.54. The normalized spacial score (nSPS) is 21.9. The number of hydrogen-bond acceptors (Lipinski definition) is 5. The minimum absolute atomic E-state index is 0.170. The third-order valence-corrected chi connectivity index (χ3v) is 7.42. The molecule has 0 saturated carbocycles. The van der Waals surface area contributed by atoms with Gasteiger partial charge in [-0.15, -0.1) is 0 Å².